The Morgan fingerprint density at radius 1 is 1.08 bits per heavy atom. The van der Waals surface area contributed by atoms with Gasteiger partial charge in [0.25, 0.3) is 0 Å². The quantitative estimate of drug-likeness (QED) is 0.521. The second-order valence-electron chi connectivity index (χ2n) is 5.88. The molecular weight excluding hydrogens is 362 g/mol. The fourth-order valence-corrected chi connectivity index (χ4v) is 4.37. The predicted molar refractivity (Wildman–Crippen MR) is 109 cm³/mol. The molecule has 0 unspecified atom stereocenters. The van der Waals surface area contributed by atoms with Crippen LogP contribution in [0.25, 0.3) is 20.8 Å². The van der Waals surface area contributed by atoms with Gasteiger partial charge in [-0.2, -0.15) is 0 Å². The minimum absolute atomic E-state index is 0.0503. The van der Waals surface area contributed by atoms with Crippen LogP contribution in [0.4, 0.5) is 5.69 Å². The van der Waals surface area contributed by atoms with Crippen LogP contribution >= 0.6 is 22.7 Å². The van der Waals surface area contributed by atoms with E-state index in [-0.39, 0.29) is 5.91 Å². The summed E-state index contributed by atoms with van der Waals surface area (Å²) in [5.74, 6) is -0.0503. The van der Waals surface area contributed by atoms with Crippen molar-refractivity contribution in [3.8, 4) is 10.6 Å². The number of aromatic nitrogens is 2. The Bertz CT molecular complexity index is 1020. The maximum Gasteiger partial charge on any atom is 0.230 e. The molecule has 0 aliphatic carbocycles. The predicted octanol–water partition coefficient (Wildman–Crippen LogP) is 5.16. The molecule has 2 heterocycles. The molecule has 0 atom stereocenters. The van der Waals surface area contributed by atoms with Gasteiger partial charge in [-0.05, 0) is 42.8 Å². The second kappa shape index (κ2) is 7.35. The van der Waals surface area contributed by atoms with Crippen LogP contribution in [0, 0.1) is 0 Å². The van der Waals surface area contributed by atoms with E-state index in [0.29, 0.717) is 6.42 Å². The Morgan fingerprint density at radius 3 is 2.62 bits per heavy atom. The summed E-state index contributed by atoms with van der Waals surface area (Å²) in [7, 11) is 0. The van der Waals surface area contributed by atoms with Gasteiger partial charge in [0.2, 0.25) is 5.91 Å². The first-order valence-corrected chi connectivity index (χ1v) is 10.1. The summed E-state index contributed by atoms with van der Waals surface area (Å²) in [6.45, 7) is 2.07. The molecule has 6 heteroatoms. The number of rotatable bonds is 5. The molecule has 2 aromatic carbocycles. The lowest BCUT2D eigenvalue weighted by molar-refractivity contribution is -0.115. The van der Waals surface area contributed by atoms with Gasteiger partial charge in [0, 0.05) is 16.6 Å². The van der Waals surface area contributed by atoms with Crippen molar-refractivity contribution in [3.05, 3.63) is 64.6 Å². The first-order chi connectivity index (χ1) is 12.7. The summed E-state index contributed by atoms with van der Waals surface area (Å²) in [6.07, 6.45) is 1.20. The molecule has 4 nitrogen and oxygen atoms in total. The zero-order valence-electron chi connectivity index (χ0n) is 14.2. The van der Waals surface area contributed by atoms with Gasteiger partial charge in [0.15, 0.2) is 0 Å². The van der Waals surface area contributed by atoms with Crippen LogP contribution in [0.15, 0.2) is 53.9 Å². The van der Waals surface area contributed by atoms with Gasteiger partial charge in [-0.1, -0.05) is 19.1 Å². The van der Waals surface area contributed by atoms with Gasteiger partial charge in [-0.3, -0.25) is 4.79 Å². The topological polar surface area (TPSA) is 54.9 Å². The Morgan fingerprint density at radius 2 is 1.88 bits per heavy atom. The van der Waals surface area contributed by atoms with E-state index in [4.69, 9.17) is 0 Å². The number of nitrogens with one attached hydrogen (secondary N) is 1. The number of carbonyl (C=O) groups excluding carboxylic acids is 1. The van der Waals surface area contributed by atoms with Crippen molar-refractivity contribution in [2.45, 2.75) is 19.8 Å². The summed E-state index contributed by atoms with van der Waals surface area (Å²) in [5, 5.41) is 6.93. The van der Waals surface area contributed by atoms with Crippen LogP contribution in [0.1, 0.15) is 17.6 Å². The van der Waals surface area contributed by atoms with Gasteiger partial charge in [-0.15, -0.1) is 22.7 Å². The Hall–Kier alpha value is -2.57. The summed E-state index contributed by atoms with van der Waals surface area (Å²) in [4.78, 5) is 21.3. The van der Waals surface area contributed by atoms with Crippen LogP contribution in [0.5, 0.6) is 0 Å². The molecule has 1 amide bonds. The zero-order chi connectivity index (χ0) is 17.9. The van der Waals surface area contributed by atoms with Crippen molar-refractivity contribution in [2.75, 3.05) is 5.32 Å². The van der Waals surface area contributed by atoms with E-state index in [9.17, 15) is 4.79 Å². The van der Waals surface area contributed by atoms with E-state index in [1.165, 1.54) is 4.70 Å². The number of para-hydroxylation sites is 1. The van der Waals surface area contributed by atoms with Crippen LogP contribution < -0.4 is 5.32 Å². The highest BCUT2D eigenvalue weighted by atomic mass is 32.1. The minimum Gasteiger partial charge on any atom is -0.326 e. The van der Waals surface area contributed by atoms with Gasteiger partial charge in [0.1, 0.15) is 5.01 Å². The maximum atomic E-state index is 12.2. The molecule has 4 rings (SSSR count). The van der Waals surface area contributed by atoms with E-state index in [1.807, 2.05) is 47.8 Å². The van der Waals surface area contributed by atoms with Crippen LogP contribution in [0.3, 0.4) is 0 Å². The molecule has 2 aromatic heterocycles. The largest absolute Gasteiger partial charge is 0.326 e. The number of amides is 1. The molecule has 4 aromatic rings. The Kier molecular flexibility index (Phi) is 4.77. The zero-order valence-corrected chi connectivity index (χ0v) is 15.9. The first kappa shape index (κ1) is 16.9. The summed E-state index contributed by atoms with van der Waals surface area (Å²) < 4.78 is 1.18. The van der Waals surface area contributed by atoms with E-state index in [1.54, 1.807) is 22.7 Å². The van der Waals surface area contributed by atoms with E-state index in [2.05, 4.69) is 28.3 Å². The van der Waals surface area contributed by atoms with Gasteiger partial charge in [0.05, 0.1) is 27.3 Å². The maximum absolute atomic E-state index is 12.2. The highest BCUT2D eigenvalue weighted by Crippen LogP contribution is 2.30. The molecule has 1 N–H and O–H groups in total. The molecule has 0 fully saturated rings. The molecule has 0 aliphatic rings. The van der Waals surface area contributed by atoms with Crippen molar-refractivity contribution in [1.82, 2.24) is 9.97 Å². The van der Waals surface area contributed by atoms with Crippen molar-refractivity contribution in [1.29, 1.82) is 0 Å². The number of nitrogens with zero attached hydrogens (tertiary/aromatic N) is 2. The average molecular weight is 380 g/mol. The fourth-order valence-electron chi connectivity index (χ4n) is 2.65. The average Bonchev–Trinajstić information content (AvgIpc) is 3.28. The molecule has 26 heavy (non-hydrogen) atoms. The number of hydrogen-bond donors (Lipinski definition) is 1. The SMILES string of the molecule is CCc1nc(CC(=O)Nc2ccc(-c3nc4ccccc4s3)cc2)cs1. The second-order valence-corrected chi connectivity index (χ2v) is 7.85. The molecule has 0 saturated heterocycles. The number of fused-ring (bicyclic) bond motifs is 1. The third-order valence-electron chi connectivity index (χ3n) is 3.95. The number of aryl methyl sites for hydroxylation is 1. The molecule has 0 saturated carbocycles. The molecule has 0 spiro atoms. The first-order valence-electron chi connectivity index (χ1n) is 8.40. The minimum atomic E-state index is -0.0503. The van der Waals surface area contributed by atoms with Gasteiger partial charge >= 0.3 is 0 Å². The highest BCUT2D eigenvalue weighted by molar-refractivity contribution is 7.21. The van der Waals surface area contributed by atoms with E-state index in [0.717, 1.165) is 38.9 Å². The van der Waals surface area contributed by atoms with E-state index < -0.39 is 0 Å². The van der Waals surface area contributed by atoms with Crippen molar-refractivity contribution in [3.63, 3.8) is 0 Å². The van der Waals surface area contributed by atoms with E-state index >= 15 is 0 Å². The van der Waals surface area contributed by atoms with Crippen molar-refractivity contribution >= 4 is 44.5 Å². The highest BCUT2D eigenvalue weighted by Gasteiger charge is 2.09. The third kappa shape index (κ3) is 3.66. The Balaban J connectivity index is 1.44. The van der Waals surface area contributed by atoms with Gasteiger partial charge in [-0.25, -0.2) is 9.97 Å². The number of hydrogen-bond acceptors (Lipinski definition) is 5. The lowest BCUT2D eigenvalue weighted by Crippen LogP contribution is -2.14. The summed E-state index contributed by atoms with van der Waals surface area (Å²) in [5.41, 5.74) is 3.68. The summed E-state index contributed by atoms with van der Waals surface area (Å²) in [6, 6.07) is 15.9. The van der Waals surface area contributed by atoms with Crippen LogP contribution in [-0.2, 0) is 17.6 Å². The smallest absolute Gasteiger partial charge is 0.230 e. The molecular formula is C20H17N3OS2. The fraction of sp³-hybridized carbons (Fsp3) is 0.150. The lowest BCUT2D eigenvalue weighted by Gasteiger charge is -2.05. The van der Waals surface area contributed by atoms with Crippen LogP contribution in [0.2, 0.25) is 0 Å². The molecule has 0 radical (unpaired) electrons. The number of carbonyl (C=O) groups is 1. The molecule has 0 aliphatic heterocycles. The molecule has 0 bridgehead atoms. The summed E-state index contributed by atoms with van der Waals surface area (Å²) >= 11 is 3.27. The standard InChI is InChI=1S/C20H17N3OS2/c1-2-19-22-15(12-25-19)11-18(24)21-14-9-7-13(8-10-14)20-23-16-5-3-4-6-17(16)26-20/h3-10,12H,2,11H2,1H3,(H,21,24). The third-order valence-corrected chi connectivity index (χ3v) is 6.08. The number of anilines is 1. The van der Waals surface area contributed by atoms with Gasteiger partial charge < -0.3 is 5.32 Å². The van der Waals surface area contributed by atoms with Crippen LogP contribution in [-0.4, -0.2) is 15.9 Å². The monoisotopic (exact) mass is 379 g/mol. The van der Waals surface area contributed by atoms with Crippen molar-refractivity contribution in [2.24, 2.45) is 0 Å². The lowest BCUT2D eigenvalue weighted by atomic mass is 10.2. The number of thiazole rings is 2. The Labute approximate surface area is 159 Å². The van der Waals surface area contributed by atoms with Crippen molar-refractivity contribution < 1.29 is 4.79 Å². The normalized spacial score (nSPS) is 11.0. The number of benzene rings is 2. The molecule has 130 valence electrons.